The maximum absolute atomic E-state index is 13.1. The number of carbonyl (C=O) groups is 1. The molecule has 0 unspecified atom stereocenters. The number of anilines is 1. The maximum atomic E-state index is 13.1. The van der Waals surface area contributed by atoms with E-state index in [-0.39, 0.29) is 24.0 Å². The Morgan fingerprint density at radius 2 is 1.79 bits per heavy atom. The third-order valence-electron chi connectivity index (χ3n) is 4.35. The van der Waals surface area contributed by atoms with Crippen molar-refractivity contribution in [3.63, 3.8) is 0 Å². The summed E-state index contributed by atoms with van der Waals surface area (Å²) in [5.41, 5.74) is 1.31. The number of hydrogen-bond donors (Lipinski definition) is 1. The van der Waals surface area contributed by atoms with Gasteiger partial charge in [-0.1, -0.05) is 13.0 Å². The number of nitrogens with one attached hydrogen (secondary N) is 1. The Balaban J connectivity index is 1.61. The molecule has 0 aliphatic carbocycles. The number of methoxy groups -OCH3 is 2. The van der Waals surface area contributed by atoms with Crippen molar-refractivity contribution >= 4 is 11.6 Å². The van der Waals surface area contributed by atoms with Gasteiger partial charge in [-0.25, -0.2) is 0 Å². The number of carbonyl (C=O) groups excluding carboxylic acids is 1. The van der Waals surface area contributed by atoms with Crippen LogP contribution in [-0.4, -0.2) is 44.4 Å². The first-order chi connectivity index (χ1) is 13.8. The van der Waals surface area contributed by atoms with Gasteiger partial charge in [-0.05, 0) is 36.4 Å². The number of ether oxygens (including phenoxy) is 4. The minimum Gasteiger partial charge on any atom is -0.493 e. The molecular weight excluding hydrogens is 386 g/mol. The van der Waals surface area contributed by atoms with Crippen molar-refractivity contribution in [2.45, 2.75) is 19.8 Å². The molecule has 0 fully saturated rings. The van der Waals surface area contributed by atoms with Crippen molar-refractivity contribution in [2.24, 2.45) is 0 Å². The minimum absolute atomic E-state index is 0.0726. The molecule has 0 aromatic heterocycles. The first-order valence-corrected chi connectivity index (χ1v) is 8.96. The van der Waals surface area contributed by atoms with Crippen LogP contribution in [0, 0.1) is 0 Å². The molecule has 1 amide bonds. The number of amides is 1. The second-order valence-electron chi connectivity index (χ2n) is 6.37. The quantitative estimate of drug-likeness (QED) is 0.721. The van der Waals surface area contributed by atoms with Gasteiger partial charge >= 0.3 is 6.29 Å². The monoisotopic (exact) mass is 408 g/mol. The Kier molecular flexibility index (Phi) is 6.07. The SMILES string of the molecule is CCN(CC(=O)Nc1ccc2c(c1)OC(F)(F)O2)Cc1ccc(OC)c(OC)c1. The van der Waals surface area contributed by atoms with Gasteiger partial charge in [-0.15, -0.1) is 8.78 Å². The largest absolute Gasteiger partial charge is 0.586 e. The molecule has 156 valence electrons. The fourth-order valence-electron chi connectivity index (χ4n) is 2.95. The number of hydrogen-bond acceptors (Lipinski definition) is 6. The van der Waals surface area contributed by atoms with Crippen molar-refractivity contribution in [2.75, 3.05) is 32.6 Å². The van der Waals surface area contributed by atoms with E-state index in [1.165, 1.54) is 18.2 Å². The number of benzene rings is 2. The summed E-state index contributed by atoms with van der Waals surface area (Å²) in [6, 6.07) is 9.68. The molecular formula is C20H22F2N2O5. The summed E-state index contributed by atoms with van der Waals surface area (Å²) in [6.07, 6.45) is -3.69. The van der Waals surface area contributed by atoms with Crippen LogP contribution in [0.15, 0.2) is 36.4 Å². The normalized spacial score (nSPS) is 14.0. The Labute approximate surface area is 167 Å². The number of halogens is 2. The molecule has 0 bridgehead atoms. The Morgan fingerprint density at radius 1 is 1.07 bits per heavy atom. The van der Waals surface area contributed by atoms with E-state index in [1.807, 2.05) is 30.0 Å². The lowest BCUT2D eigenvalue weighted by Crippen LogP contribution is -2.32. The highest BCUT2D eigenvalue weighted by atomic mass is 19.3. The molecule has 0 saturated carbocycles. The number of alkyl halides is 2. The predicted molar refractivity (Wildman–Crippen MR) is 102 cm³/mol. The number of likely N-dealkylation sites (N-methyl/N-ethyl adjacent to an activating group) is 1. The van der Waals surface area contributed by atoms with Gasteiger partial charge in [-0.2, -0.15) is 0 Å². The highest BCUT2D eigenvalue weighted by Gasteiger charge is 2.43. The average Bonchev–Trinajstić information content (AvgIpc) is 3.00. The van der Waals surface area contributed by atoms with Gasteiger partial charge in [0, 0.05) is 18.3 Å². The molecule has 29 heavy (non-hydrogen) atoms. The zero-order valence-electron chi connectivity index (χ0n) is 16.3. The number of rotatable bonds is 8. The lowest BCUT2D eigenvalue weighted by atomic mass is 10.2. The van der Waals surface area contributed by atoms with Crippen molar-refractivity contribution in [1.82, 2.24) is 4.90 Å². The van der Waals surface area contributed by atoms with E-state index in [1.54, 1.807) is 14.2 Å². The van der Waals surface area contributed by atoms with Gasteiger partial charge in [0.2, 0.25) is 5.91 Å². The third-order valence-corrected chi connectivity index (χ3v) is 4.35. The lowest BCUT2D eigenvalue weighted by molar-refractivity contribution is -0.286. The molecule has 0 radical (unpaired) electrons. The summed E-state index contributed by atoms with van der Waals surface area (Å²) in [4.78, 5) is 14.3. The molecule has 3 rings (SSSR count). The van der Waals surface area contributed by atoms with Crippen LogP contribution in [0.5, 0.6) is 23.0 Å². The molecule has 2 aromatic rings. The van der Waals surface area contributed by atoms with Crippen LogP contribution < -0.4 is 24.3 Å². The van der Waals surface area contributed by atoms with Gasteiger partial charge in [0.1, 0.15) is 0 Å². The summed E-state index contributed by atoms with van der Waals surface area (Å²) in [5.74, 6) is 0.771. The molecule has 1 heterocycles. The van der Waals surface area contributed by atoms with E-state index in [0.29, 0.717) is 30.3 Å². The third kappa shape index (κ3) is 5.05. The average molecular weight is 408 g/mol. The van der Waals surface area contributed by atoms with Crippen molar-refractivity contribution in [3.8, 4) is 23.0 Å². The fraction of sp³-hybridized carbons (Fsp3) is 0.350. The van der Waals surface area contributed by atoms with Crippen LogP contribution >= 0.6 is 0 Å². The first kappa shape index (κ1) is 20.7. The second kappa shape index (κ2) is 8.52. The molecule has 1 N–H and O–H groups in total. The van der Waals surface area contributed by atoms with E-state index in [0.717, 1.165) is 5.56 Å². The molecule has 2 aromatic carbocycles. The van der Waals surface area contributed by atoms with Crippen molar-refractivity contribution in [3.05, 3.63) is 42.0 Å². The summed E-state index contributed by atoms with van der Waals surface area (Å²) in [5, 5.41) is 2.68. The van der Waals surface area contributed by atoms with E-state index in [2.05, 4.69) is 14.8 Å². The summed E-state index contributed by atoms with van der Waals surface area (Å²) < 4.78 is 45.5. The van der Waals surface area contributed by atoms with Crippen LogP contribution in [0.1, 0.15) is 12.5 Å². The fourth-order valence-corrected chi connectivity index (χ4v) is 2.95. The van der Waals surface area contributed by atoms with E-state index in [9.17, 15) is 13.6 Å². The Hall–Kier alpha value is -3.07. The molecule has 9 heteroatoms. The van der Waals surface area contributed by atoms with Gasteiger partial charge in [0.25, 0.3) is 0 Å². The maximum Gasteiger partial charge on any atom is 0.586 e. The molecule has 0 atom stereocenters. The molecule has 1 aliphatic heterocycles. The predicted octanol–water partition coefficient (Wildman–Crippen LogP) is 3.49. The summed E-state index contributed by atoms with van der Waals surface area (Å²) in [6.45, 7) is 3.22. The van der Waals surface area contributed by atoms with E-state index >= 15 is 0 Å². The lowest BCUT2D eigenvalue weighted by Gasteiger charge is -2.20. The van der Waals surface area contributed by atoms with E-state index < -0.39 is 6.29 Å². The zero-order chi connectivity index (χ0) is 21.0. The van der Waals surface area contributed by atoms with Crippen LogP contribution in [0.3, 0.4) is 0 Å². The Bertz CT molecular complexity index is 891. The zero-order valence-corrected chi connectivity index (χ0v) is 16.3. The van der Waals surface area contributed by atoms with Crippen molar-refractivity contribution in [1.29, 1.82) is 0 Å². The van der Waals surface area contributed by atoms with Gasteiger partial charge in [-0.3, -0.25) is 9.69 Å². The molecule has 0 spiro atoms. The van der Waals surface area contributed by atoms with Gasteiger partial charge < -0.3 is 24.3 Å². The van der Waals surface area contributed by atoms with Crippen molar-refractivity contribution < 1.29 is 32.5 Å². The van der Waals surface area contributed by atoms with Gasteiger partial charge in [0.15, 0.2) is 23.0 Å². The summed E-state index contributed by atoms with van der Waals surface area (Å²) in [7, 11) is 3.13. The minimum atomic E-state index is -3.69. The van der Waals surface area contributed by atoms with Crippen LogP contribution in [0.2, 0.25) is 0 Å². The Morgan fingerprint density at radius 3 is 2.48 bits per heavy atom. The summed E-state index contributed by atoms with van der Waals surface area (Å²) >= 11 is 0. The second-order valence-corrected chi connectivity index (χ2v) is 6.37. The standard InChI is InChI=1S/C20H22F2N2O5/c1-4-24(11-13-5-7-15(26-2)17(9-13)27-3)12-19(25)23-14-6-8-16-18(10-14)29-20(21,22)28-16/h5-10H,4,11-12H2,1-3H3,(H,23,25). The first-order valence-electron chi connectivity index (χ1n) is 8.96. The number of nitrogens with zero attached hydrogens (tertiary/aromatic N) is 1. The van der Waals surface area contributed by atoms with Crippen LogP contribution in [-0.2, 0) is 11.3 Å². The van der Waals surface area contributed by atoms with E-state index in [4.69, 9.17) is 9.47 Å². The number of fused-ring (bicyclic) bond motifs is 1. The highest BCUT2D eigenvalue weighted by molar-refractivity contribution is 5.92. The topological polar surface area (TPSA) is 69.3 Å². The molecule has 7 nitrogen and oxygen atoms in total. The van der Waals surface area contributed by atoms with Gasteiger partial charge in [0.05, 0.1) is 20.8 Å². The van der Waals surface area contributed by atoms with Crippen LogP contribution in [0.4, 0.5) is 14.5 Å². The molecule has 0 saturated heterocycles. The molecule has 1 aliphatic rings. The smallest absolute Gasteiger partial charge is 0.493 e. The highest BCUT2D eigenvalue weighted by Crippen LogP contribution is 2.42. The van der Waals surface area contributed by atoms with Crippen LogP contribution in [0.25, 0.3) is 0 Å².